The molecule has 1 atom stereocenters. The van der Waals surface area contributed by atoms with Gasteiger partial charge in [-0.2, -0.15) is 0 Å². The molecular formula is C19H20ClNO3S. The fraction of sp³-hybridized carbons (Fsp3) is 0.316. The summed E-state index contributed by atoms with van der Waals surface area (Å²) in [5, 5.41) is 0.551. The Labute approximate surface area is 153 Å². The molecule has 0 aliphatic carbocycles. The van der Waals surface area contributed by atoms with Crippen LogP contribution in [0.2, 0.25) is 5.02 Å². The highest BCUT2D eigenvalue weighted by atomic mass is 35.5. The van der Waals surface area contributed by atoms with Crippen molar-refractivity contribution in [2.45, 2.75) is 25.4 Å². The summed E-state index contributed by atoms with van der Waals surface area (Å²) in [7, 11) is -3.07. The molecule has 1 unspecified atom stereocenters. The van der Waals surface area contributed by atoms with Gasteiger partial charge in [0, 0.05) is 17.6 Å². The number of rotatable bonds is 5. The van der Waals surface area contributed by atoms with E-state index in [0.717, 1.165) is 11.1 Å². The van der Waals surface area contributed by atoms with Gasteiger partial charge in [-0.05, 0) is 23.6 Å². The fourth-order valence-electron chi connectivity index (χ4n) is 3.13. The van der Waals surface area contributed by atoms with Crippen molar-refractivity contribution >= 4 is 27.3 Å². The Balaban J connectivity index is 1.82. The highest BCUT2D eigenvalue weighted by Crippen LogP contribution is 2.23. The van der Waals surface area contributed by atoms with Crippen molar-refractivity contribution in [1.29, 1.82) is 0 Å². The SMILES string of the molecule is O=C(Cc1ccccc1Cl)N(Cc1ccccc1)C1CCS(=O)(=O)C1. The number of benzene rings is 2. The van der Waals surface area contributed by atoms with Crippen LogP contribution in [0.3, 0.4) is 0 Å². The van der Waals surface area contributed by atoms with Crippen molar-refractivity contribution < 1.29 is 13.2 Å². The number of carbonyl (C=O) groups is 1. The molecule has 0 aromatic heterocycles. The van der Waals surface area contributed by atoms with Gasteiger partial charge in [-0.3, -0.25) is 4.79 Å². The summed E-state index contributed by atoms with van der Waals surface area (Å²) in [6.45, 7) is 0.407. The van der Waals surface area contributed by atoms with Crippen molar-refractivity contribution in [2.24, 2.45) is 0 Å². The molecule has 1 saturated heterocycles. The zero-order valence-electron chi connectivity index (χ0n) is 13.8. The third-order valence-electron chi connectivity index (χ3n) is 4.46. The van der Waals surface area contributed by atoms with E-state index >= 15 is 0 Å². The van der Waals surface area contributed by atoms with Gasteiger partial charge in [0.15, 0.2) is 9.84 Å². The van der Waals surface area contributed by atoms with Crippen LogP contribution in [0.15, 0.2) is 54.6 Å². The molecule has 0 bridgehead atoms. The average molecular weight is 378 g/mol. The third-order valence-corrected chi connectivity index (χ3v) is 6.58. The lowest BCUT2D eigenvalue weighted by Gasteiger charge is -2.28. The van der Waals surface area contributed by atoms with Gasteiger partial charge in [0.2, 0.25) is 5.91 Å². The van der Waals surface area contributed by atoms with E-state index < -0.39 is 9.84 Å². The highest BCUT2D eigenvalue weighted by Gasteiger charge is 2.34. The van der Waals surface area contributed by atoms with Crippen LogP contribution in [0.4, 0.5) is 0 Å². The van der Waals surface area contributed by atoms with Gasteiger partial charge in [-0.15, -0.1) is 0 Å². The summed E-state index contributed by atoms with van der Waals surface area (Å²) >= 11 is 6.17. The number of hydrogen-bond donors (Lipinski definition) is 0. The normalized spacial score (nSPS) is 18.8. The Hall–Kier alpha value is -1.85. The van der Waals surface area contributed by atoms with Gasteiger partial charge in [-0.25, -0.2) is 8.42 Å². The Kier molecular flexibility index (Phi) is 5.45. The minimum absolute atomic E-state index is 0.0358. The first-order valence-electron chi connectivity index (χ1n) is 8.22. The lowest BCUT2D eigenvalue weighted by Crippen LogP contribution is -2.41. The van der Waals surface area contributed by atoms with Crippen molar-refractivity contribution in [1.82, 2.24) is 4.90 Å². The van der Waals surface area contributed by atoms with E-state index in [4.69, 9.17) is 11.6 Å². The number of hydrogen-bond acceptors (Lipinski definition) is 3. The fourth-order valence-corrected chi connectivity index (χ4v) is 5.06. The molecule has 1 heterocycles. The topological polar surface area (TPSA) is 54.5 Å². The van der Waals surface area contributed by atoms with Gasteiger partial charge in [0.1, 0.15) is 0 Å². The van der Waals surface area contributed by atoms with Gasteiger partial charge < -0.3 is 4.90 Å². The standard InChI is InChI=1S/C19H20ClNO3S/c20-18-9-5-4-8-16(18)12-19(22)21(13-15-6-2-1-3-7-15)17-10-11-25(23,24)14-17/h1-9,17H,10-14H2. The van der Waals surface area contributed by atoms with Gasteiger partial charge in [-0.1, -0.05) is 60.1 Å². The molecule has 0 saturated carbocycles. The van der Waals surface area contributed by atoms with Crippen molar-refractivity contribution in [2.75, 3.05) is 11.5 Å². The largest absolute Gasteiger partial charge is 0.334 e. The average Bonchev–Trinajstić information content (AvgIpc) is 2.95. The summed E-state index contributed by atoms with van der Waals surface area (Å²) in [6, 6.07) is 16.6. The molecule has 25 heavy (non-hydrogen) atoms. The van der Waals surface area contributed by atoms with E-state index in [1.807, 2.05) is 48.5 Å². The Morgan fingerprint density at radius 1 is 1.08 bits per heavy atom. The summed E-state index contributed by atoms with van der Waals surface area (Å²) < 4.78 is 23.7. The molecule has 2 aromatic rings. The quantitative estimate of drug-likeness (QED) is 0.804. The van der Waals surface area contributed by atoms with E-state index in [1.165, 1.54) is 0 Å². The van der Waals surface area contributed by atoms with E-state index in [0.29, 0.717) is 18.0 Å². The predicted molar refractivity (Wildman–Crippen MR) is 99.2 cm³/mol. The third kappa shape index (κ3) is 4.61. The Morgan fingerprint density at radius 2 is 1.76 bits per heavy atom. The van der Waals surface area contributed by atoms with Crippen LogP contribution < -0.4 is 0 Å². The molecule has 3 rings (SSSR count). The molecule has 1 amide bonds. The van der Waals surface area contributed by atoms with Crippen LogP contribution in [0.1, 0.15) is 17.5 Å². The van der Waals surface area contributed by atoms with E-state index in [9.17, 15) is 13.2 Å². The highest BCUT2D eigenvalue weighted by molar-refractivity contribution is 7.91. The molecule has 1 fully saturated rings. The summed E-state index contributed by atoms with van der Waals surface area (Å²) in [6.07, 6.45) is 0.659. The lowest BCUT2D eigenvalue weighted by molar-refractivity contribution is -0.133. The second kappa shape index (κ2) is 7.58. The van der Waals surface area contributed by atoms with E-state index in [2.05, 4.69) is 0 Å². The van der Waals surface area contributed by atoms with Crippen LogP contribution in [-0.4, -0.2) is 36.8 Å². The Morgan fingerprint density at radius 3 is 2.40 bits per heavy atom. The number of sulfone groups is 1. The van der Waals surface area contributed by atoms with Crippen LogP contribution in [0.5, 0.6) is 0 Å². The number of nitrogens with zero attached hydrogens (tertiary/aromatic N) is 1. The molecule has 2 aromatic carbocycles. The van der Waals surface area contributed by atoms with Crippen LogP contribution in [-0.2, 0) is 27.6 Å². The molecule has 0 N–H and O–H groups in total. The smallest absolute Gasteiger partial charge is 0.227 e. The van der Waals surface area contributed by atoms with Crippen LogP contribution in [0, 0.1) is 0 Å². The maximum absolute atomic E-state index is 12.9. The van der Waals surface area contributed by atoms with Gasteiger partial charge >= 0.3 is 0 Å². The minimum atomic E-state index is -3.07. The van der Waals surface area contributed by atoms with E-state index in [-0.39, 0.29) is 29.9 Å². The molecule has 0 radical (unpaired) electrons. The van der Waals surface area contributed by atoms with Crippen LogP contribution in [0.25, 0.3) is 0 Å². The monoisotopic (exact) mass is 377 g/mol. The van der Waals surface area contributed by atoms with Crippen molar-refractivity contribution in [3.8, 4) is 0 Å². The molecule has 4 nitrogen and oxygen atoms in total. The molecule has 132 valence electrons. The first-order chi connectivity index (χ1) is 11.9. The number of halogens is 1. The number of amides is 1. The molecule has 1 aliphatic rings. The maximum atomic E-state index is 12.9. The number of carbonyl (C=O) groups excluding carboxylic acids is 1. The lowest BCUT2D eigenvalue weighted by atomic mass is 10.1. The summed E-state index contributed by atoms with van der Waals surface area (Å²) in [5.74, 6) is 0.0789. The first-order valence-corrected chi connectivity index (χ1v) is 10.4. The molecule has 0 spiro atoms. The molecular weight excluding hydrogens is 358 g/mol. The van der Waals surface area contributed by atoms with Gasteiger partial charge in [0.25, 0.3) is 0 Å². The zero-order chi connectivity index (χ0) is 17.9. The zero-order valence-corrected chi connectivity index (χ0v) is 15.3. The van der Waals surface area contributed by atoms with Crippen molar-refractivity contribution in [3.05, 3.63) is 70.7 Å². The van der Waals surface area contributed by atoms with Crippen molar-refractivity contribution in [3.63, 3.8) is 0 Å². The molecule has 6 heteroatoms. The second-order valence-corrected chi connectivity index (χ2v) is 8.97. The maximum Gasteiger partial charge on any atom is 0.227 e. The minimum Gasteiger partial charge on any atom is -0.334 e. The van der Waals surface area contributed by atoms with E-state index in [1.54, 1.807) is 11.0 Å². The second-order valence-electron chi connectivity index (χ2n) is 6.33. The first kappa shape index (κ1) is 18.0. The van der Waals surface area contributed by atoms with Crippen LogP contribution >= 0.6 is 11.6 Å². The summed E-state index contributed by atoms with van der Waals surface area (Å²) in [5.41, 5.74) is 1.74. The Bertz CT molecular complexity index is 852. The van der Waals surface area contributed by atoms with Gasteiger partial charge in [0.05, 0.1) is 17.9 Å². The summed E-state index contributed by atoms with van der Waals surface area (Å²) in [4.78, 5) is 14.6. The predicted octanol–water partition coefficient (Wildman–Crippen LogP) is 3.10. The molecule has 1 aliphatic heterocycles.